The van der Waals surface area contributed by atoms with Crippen molar-refractivity contribution in [3.8, 4) is 0 Å². The molecule has 1 aliphatic heterocycles. The SMILES string of the molecule is CC(C)(C)OC(=O)Nc1ccc(C(=O)N2CCN(C(=O)OC(C)(C)C)CC2)cc1. The summed E-state index contributed by atoms with van der Waals surface area (Å²) in [5.41, 5.74) is -0.0587. The van der Waals surface area contributed by atoms with Crippen LogP contribution in [0.3, 0.4) is 0 Å². The van der Waals surface area contributed by atoms with Crippen molar-refractivity contribution in [1.82, 2.24) is 9.80 Å². The molecule has 0 bridgehead atoms. The van der Waals surface area contributed by atoms with Crippen LogP contribution in [0.25, 0.3) is 0 Å². The number of carbonyl (C=O) groups excluding carboxylic acids is 3. The summed E-state index contributed by atoms with van der Waals surface area (Å²) in [5.74, 6) is -0.113. The molecule has 0 saturated carbocycles. The van der Waals surface area contributed by atoms with Gasteiger partial charge in [-0.3, -0.25) is 10.1 Å². The van der Waals surface area contributed by atoms with Crippen LogP contribution in [0, 0.1) is 0 Å². The van der Waals surface area contributed by atoms with E-state index in [4.69, 9.17) is 9.47 Å². The van der Waals surface area contributed by atoms with Crippen molar-refractivity contribution in [3.63, 3.8) is 0 Å². The fraction of sp³-hybridized carbons (Fsp3) is 0.571. The second-order valence-electron chi connectivity index (χ2n) is 8.96. The maximum Gasteiger partial charge on any atom is 0.412 e. The van der Waals surface area contributed by atoms with Gasteiger partial charge in [-0.1, -0.05) is 0 Å². The smallest absolute Gasteiger partial charge is 0.412 e. The molecule has 0 aliphatic carbocycles. The zero-order chi connectivity index (χ0) is 21.8. The van der Waals surface area contributed by atoms with Gasteiger partial charge in [-0.05, 0) is 65.8 Å². The van der Waals surface area contributed by atoms with Crippen molar-refractivity contribution in [2.75, 3.05) is 31.5 Å². The molecule has 0 unspecified atom stereocenters. The van der Waals surface area contributed by atoms with Crippen molar-refractivity contribution in [1.29, 1.82) is 0 Å². The number of hydrogen-bond donors (Lipinski definition) is 1. The third kappa shape index (κ3) is 7.29. The maximum atomic E-state index is 12.7. The number of ether oxygens (including phenoxy) is 2. The molecule has 1 aliphatic rings. The molecule has 1 N–H and O–H groups in total. The highest BCUT2D eigenvalue weighted by atomic mass is 16.6. The van der Waals surface area contributed by atoms with Crippen molar-refractivity contribution >= 4 is 23.8 Å². The summed E-state index contributed by atoms with van der Waals surface area (Å²) in [4.78, 5) is 40.0. The highest BCUT2D eigenvalue weighted by Crippen LogP contribution is 2.16. The Labute approximate surface area is 172 Å². The molecule has 0 radical (unpaired) electrons. The summed E-state index contributed by atoms with van der Waals surface area (Å²) in [6.07, 6.45) is -0.906. The Morgan fingerprint density at radius 3 is 1.76 bits per heavy atom. The molecule has 0 aromatic heterocycles. The van der Waals surface area contributed by atoms with Crippen molar-refractivity contribution < 1.29 is 23.9 Å². The Balaban J connectivity index is 1.88. The molecule has 0 spiro atoms. The number of amides is 3. The molecule has 3 amide bonds. The second kappa shape index (κ2) is 8.71. The Morgan fingerprint density at radius 1 is 0.793 bits per heavy atom. The molecule has 0 atom stereocenters. The van der Waals surface area contributed by atoms with Gasteiger partial charge in [0.25, 0.3) is 5.91 Å². The van der Waals surface area contributed by atoms with Crippen LogP contribution in [0.5, 0.6) is 0 Å². The molecule has 1 fully saturated rings. The van der Waals surface area contributed by atoms with Gasteiger partial charge in [0.15, 0.2) is 0 Å². The molecule has 8 nitrogen and oxygen atoms in total. The predicted octanol–water partition coefficient (Wildman–Crippen LogP) is 3.73. The molecule has 29 heavy (non-hydrogen) atoms. The van der Waals surface area contributed by atoms with Crippen LogP contribution < -0.4 is 5.32 Å². The lowest BCUT2D eigenvalue weighted by atomic mass is 10.1. The number of rotatable bonds is 2. The zero-order valence-electron chi connectivity index (χ0n) is 18.1. The fourth-order valence-corrected chi connectivity index (χ4v) is 2.72. The summed E-state index contributed by atoms with van der Waals surface area (Å²) in [5, 5.41) is 2.64. The average Bonchev–Trinajstić information content (AvgIpc) is 2.59. The monoisotopic (exact) mass is 405 g/mol. The van der Waals surface area contributed by atoms with Crippen LogP contribution in [0.4, 0.5) is 15.3 Å². The molecule has 1 aromatic rings. The maximum absolute atomic E-state index is 12.7. The molecule has 8 heteroatoms. The number of benzene rings is 1. The number of nitrogens with one attached hydrogen (secondary N) is 1. The Morgan fingerprint density at radius 2 is 1.28 bits per heavy atom. The first kappa shape index (κ1) is 22.5. The molecule has 160 valence electrons. The van der Waals surface area contributed by atoms with Crippen LogP contribution in [0.15, 0.2) is 24.3 Å². The Bertz CT molecular complexity index is 739. The van der Waals surface area contributed by atoms with E-state index in [1.807, 2.05) is 20.8 Å². The van der Waals surface area contributed by atoms with E-state index >= 15 is 0 Å². The van der Waals surface area contributed by atoms with Crippen molar-refractivity contribution in [2.24, 2.45) is 0 Å². The highest BCUT2D eigenvalue weighted by molar-refractivity contribution is 5.95. The highest BCUT2D eigenvalue weighted by Gasteiger charge is 2.28. The minimum Gasteiger partial charge on any atom is -0.444 e. The minimum absolute atomic E-state index is 0.113. The van der Waals surface area contributed by atoms with E-state index in [9.17, 15) is 14.4 Å². The van der Waals surface area contributed by atoms with E-state index in [0.717, 1.165) is 0 Å². The molecule has 2 rings (SSSR count). The normalized spacial score (nSPS) is 15.0. The molecular formula is C21H31N3O5. The van der Waals surface area contributed by atoms with E-state index in [1.54, 1.807) is 54.8 Å². The third-order valence-corrected chi connectivity index (χ3v) is 4.00. The number of anilines is 1. The number of nitrogens with zero attached hydrogens (tertiary/aromatic N) is 2. The summed E-state index contributed by atoms with van der Waals surface area (Å²) in [6.45, 7) is 12.6. The summed E-state index contributed by atoms with van der Waals surface area (Å²) >= 11 is 0. The third-order valence-electron chi connectivity index (χ3n) is 4.00. The fourth-order valence-electron chi connectivity index (χ4n) is 2.72. The second-order valence-corrected chi connectivity index (χ2v) is 8.96. The van der Waals surface area contributed by atoms with Gasteiger partial charge in [0, 0.05) is 37.4 Å². The molecule has 1 saturated heterocycles. The first-order chi connectivity index (χ1) is 13.3. The van der Waals surface area contributed by atoms with Gasteiger partial charge in [-0.15, -0.1) is 0 Å². The van der Waals surface area contributed by atoms with Crippen LogP contribution in [0.1, 0.15) is 51.9 Å². The summed E-state index contributed by atoms with van der Waals surface area (Å²) < 4.78 is 10.6. The standard InChI is InChI=1S/C21H31N3O5/c1-20(2,3)28-18(26)22-16-9-7-15(8-10-16)17(25)23-11-13-24(14-12-23)19(27)29-21(4,5)6/h7-10H,11-14H2,1-6H3,(H,22,26). The van der Waals surface area contributed by atoms with Crippen LogP contribution >= 0.6 is 0 Å². The van der Waals surface area contributed by atoms with Gasteiger partial charge < -0.3 is 19.3 Å². The quantitative estimate of drug-likeness (QED) is 0.810. The first-order valence-corrected chi connectivity index (χ1v) is 9.71. The van der Waals surface area contributed by atoms with Gasteiger partial charge in [0.2, 0.25) is 0 Å². The van der Waals surface area contributed by atoms with E-state index in [2.05, 4.69) is 5.32 Å². The van der Waals surface area contributed by atoms with Gasteiger partial charge in [-0.2, -0.15) is 0 Å². The Hall–Kier alpha value is -2.77. The first-order valence-electron chi connectivity index (χ1n) is 9.71. The van der Waals surface area contributed by atoms with Crippen LogP contribution in [-0.4, -0.2) is 65.3 Å². The minimum atomic E-state index is -0.582. The lowest BCUT2D eigenvalue weighted by molar-refractivity contribution is 0.0141. The van der Waals surface area contributed by atoms with Crippen molar-refractivity contribution in [2.45, 2.75) is 52.7 Å². The van der Waals surface area contributed by atoms with E-state index in [0.29, 0.717) is 37.4 Å². The number of piperazine rings is 1. The summed E-state index contributed by atoms with van der Waals surface area (Å²) in [6, 6.07) is 6.65. The Kier molecular flexibility index (Phi) is 6.77. The van der Waals surface area contributed by atoms with Gasteiger partial charge in [-0.25, -0.2) is 9.59 Å². The van der Waals surface area contributed by atoms with Gasteiger partial charge in [0.05, 0.1) is 0 Å². The largest absolute Gasteiger partial charge is 0.444 e. The van der Waals surface area contributed by atoms with Gasteiger partial charge in [0.1, 0.15) is 11.2 Å². The van der Waals surface area contributed by atoms with Crippen molar-refractivity contribution in [3.05, 3.63) is 29.8 Å². The van der Waals surface area contributed by atoms with E-state index < -0.39 is 17.3 Å². The molecule has 1 aromatic carbocycles. The molecular weight excluding hydrogens is 374 g/mol. The van der Waals surface area contributed by atoms with Crippen LogP contribution in [-0.2, 0) is 9.47 Å². The summed E-state index contributed by atoms with van der Waals surface area (Å²) in [7, 11) is 0. The van der Waals surface area contributed by atoms with Crippen LogP contribution in [0.2, 0.25) is 0 Å². The number of carbonyl (C=O) groups is 3. The number of hydrogen-bond acceptors (Lipinski definition) is 5. The predicted molar refractivity (Wildman–Crippen MR) is 110 cm³/mol. The van der Waals surface area contributed by atoms with E-state index in [-0.39, 0.29) is 12.0 Å². The van der Waals surface area contributed by atoms with Gasteiger partial charge >= 0.3 is 12.2 Å². The average molecular weight is 405 g/mol. The lowest BCUT2D eigenvalue weighted by Gasteiger charge is -2.35. The topological polar surface area (TPSA) is 88.2 Å². The molecule has 1 heterocycles. The lowest BCUT2D eigenvalue weighted by Crippen LogP contribution is -2.51. The zero-order valence-corrected chi connectivity index (χ0v) is 18.1. The van der Waals surface area contributed by atoms with E-state index in [1.165, 1.54) is 0 Å².